The van der Waals surface area contributed by atoms with E-state index in [4.69, 9.17) is 4.42 Å². The highest BCUT2D eigenvalue weighted by Crippen LogP contribution is 2.19. The number of carbonyl (C=O) groups is 1. The van der Waals surface area contributed by atoms with Gasteiger partial charge in [-0.1, -0.05) is 11.3 Å². The molecule has 0 saturated heterocycles. The van der Waals surface area contributed by atoms with Gasteiger partial charge in [-0.15, -0.1) is 10.2 Å². The first kappa shape index (κ1) is 14.6. The van der Waals surface area contributed by atoms with Crippen molar-refractivity contribution in [2.75, 3.05) is 11.9 Å². The molecule has 2 aromatic heterocycles. The van der Waals surface area contributed by atoms with Crippen molar-refractivity contribution in [1.82, 2.24) is 14.9 Å². The maximum Gasteiger partial charge on any atom is 0.269 e. The molecule has 2 N–H and O–H groups in total. The molecule has 108 valence electrons. The van der Waals surface area contributed by atoms with Crippen molar-refractivity contribution in [1.29, 1.82) is 0 Å². The second-order valence-electron chi connectivity index (χ2n) is 3.78. The van der Waals surface area contributed by atoms with Gasteiger partial charge in [0.05, 0.1) is 6.26 Å². The van der Waals surface area contributed by atoms with Gasteiger partial charge in [-0.3, -0.25) is 4.79 Å². The molecule has 0 spiro atoms. The van der Waals surface area contributed by atoms with E-state index in [0.717, 1.165) is 11.3 Å². The van der Waals surface area contributed by atoms with Gasteiger partial charge < -0.3 is 9.73 Å². The number of anilines is 1. The van der Waals surface area contributed by atoms with E-state index in [9.17, 15) is 13.2 Å². The van der Waals surface area contributed by atoms with E-state index in [2.05, 4.69) is 20.2 Å². The largest absolute Gasteiger partial charge is 0.469 e. The molecule has 2 heterocycles. The minimum atomic E-state index is -3.73. The lowest BCUT2D eigenvalue weighted by atomic mass is 10.3. The van der Waals surface area contributed by atoms with Gasteiger partial charge in [0.1, 0.15) is 5.76 Å². The number of hydrogen-bond acceptors (Lipinski definition) is 7. The van der Waals surface area contributed by atoms with Crippen molar-refractivity contribution in [2.45, 2.75) is 17.7 Å². The molecule has 0 atom stereocenters. The first-order valence-corrected chi connectivity index (χ1v) is 7.90. The fourth-order valence-electron chi connectivity index (χ4n) is 1.34. The molecule has 10 heteroatoms. The van der Waals surface area contributed by atoms with Crippen LogP contribution in [0.5, 0.6) is 0 Å². The van der Waals surface area contributed by atoms with E-state index in [-0.39, 0.29) is 21.9 Å². The number of carbonyl (C=O) groups excluding carboxylic acids is 1. The van der Waals surface area contributed by atoms with Gasteiger partial charge in [0, 0.05) is 19.9 Å². The van der Waals surface area contributed by atoms with Crippen LogP contribution < -0.4 is 10.0 Å². The van der Waals surface area contributed by atoms with Crippen LogP contribution >= 0.6 is 11.3 Å². The Balaban J connectivity index is 1.95. The van der Waals surface area contributed by atoms with Crippen LogP contribution in [0.2, 0.25) is 0 Å². The summed E-state index contributed by atoms with van der Waals surface area (Å²) < 4.78 is 31.1. The second-order valence-corrected chi connectivity index (χ2v) is 6.70. The lowest BCUT2D eigenvalue weighted by Gasteiger charge is -2.01. The fourth-order valence-corrected chi connectivity index (χ4v) is 3.36. The number of nitrogens with zero attached hydrogens (tertiary/aromatic N) is 2. The number of hydrogen-bond donors (Lipinski definition) is 2. The normalized spacial score (nSPS) is 11.4. The zero-order valence-corrected chi connectivity index (χ0v) is 12.1. The van der Waals surface area contributed by atoms with Crippen molar-refractivity contribution in [2.24, 2.45) is 0 Å². The zero-order valence-electron chi connectivity index (χ0n) is 10.5. The van der Waals surface area contributed by atoms with Crippen LogP contribution in [0.3, 0.4) is 0 Å². The smallest absolute Gasteiger partial charge is 0.269 e. The van der Waals surface area contributed by atoms with Gasteiger partial charge in [0.2, 0.25) is 15.4 Å². The maximum atomic E-state index is 11.9. The minimum Gasteiger partial charge on any atom is -0.469 e. The molecule has 8 nitrogen and oxygen atoms in total. The number of furan rings is 1. The summed E-state index contributed by atoms with van der Waals surface area (Å²) in [5, 5.41) is 9.63. The average molecular weight is 316 g/mol. The third-order valence-electron chi connectivity index (χ3n) is 2.16. The topological polar surface area (TPSA) is 114 Å². The van der Waals surface area contributed by atoms with Gasteiger partial charge in [-0.2, -0.15) is 0 Å². The molecule has 0 radical (unpaired) electrons. The molecule has 0 saturated carbocycles. The quantitative estimate of drug-likeness (QED) is 0.755. The number of aromatic nitrogens is 2. The standard InChI is InChI=1S/C10H12N4O4S2/c1-7(15)12-9-13-14-10(19-9)20(16,17)11-5-4-8-3-2-6-18-8/h2-3,6,11H,4-5H2,1H3,(H,12,13,15). The third kappa shape index (κ3) is 3.85. The molecule has 0 bridgehead atoms. The lowest BCUT2D eigenvalue weighted by Crippen LogP contribution is -2.25. The van der Waals surface area contributed by atoms with Crippen LogP contribution in [0.25, 0.3) is 0 Å². The van der Waals surface area contributed by atoms with Crippen LogP contribution in [0, 0.1) is 0 Å². The Morgan fingerprint density at radius 1 is 1.45 bits per heavy atom. The molecule has 0 aliphatic rings. The highest BCUT2D eigenvalue weighted by atomic mass is 32.2. The predicted molar refractivity (Wildman–Crippen MR) is 71.8 cm³/mol. The number of nitrogens with one attached hydrogen (secondary N) is 2. The Morgan fingerprint density at radius 2 is 2.25 bits per heavy atom. The van der Waals surface area contributed by atoms with Gasteiger partial charge in [-0.25, -0.2) is 13.1 Å². The van der Waals surface area contributed by atoms with Crippen molar-refractivity contribution < 1.29 is 17.6 Å². The van der Waals surface area contributed by atoms with E-state index in [0.29, 0.717) is 12.2 Å². The highest BCUT2D eigenvalue weighted by molar-refractivity contribution is 7.91. The summed E-state index contributed by atoms with van der Waals surface area (Å²) in [6.07, 6.45) is 1.96. The van der Waals surface area contributed by atoms with Gasteiger partial charge in [-0.05, 0) is 12.1 Å². The SMILES string of the molecule is CC(=O)Nc1nnc(S(=O)(=O)NCCc2ccco2)s1. The molecule has 2 rings (SSSR count). The fraction of sp³-hybridized carbons (Fsp3) is 0.300. The molecule has 1 amide bonds. The molecule has 0 aliphatic heterocycles. The molecular formula is C10H12N4O4S2. The first-order valence-electron chi connectivity index (χ1n) is 5.60. The zero-order chi connectivity index (χ0) is 14.6. The Kier molecular flexibility index (Phi) is 4.47. The van der Waals surface area contributed by atoms with Gasteiger partial charge >= 0.3 is 0 Å². The average Bonchev–Trinajstić information content (AvgIpc) is 2.99. The molecule has 0 aliphatic carbocycles. The lowest BCUT2D eigenvalue weighted by molar-refractivity contribution is -0.114. The Bertz CT molecular complexity index is 678. The molecule has 20 heavy (non-hydrogen) atoms. The molecular weight excluding hydrogens is 304 g/mol. The summed E-state index contributed by atoms with van der Waals surface area (Å²) in [5.41, 5.74) is 0. The van der Waals surface area contributed by atoms with E-state index in [1.165, 1.54) is 13.2 Å². The molecule has 0 aromatic carbocycles. The Hall–Kier alpha value is -1.78. The van der Waals surface area contributed by atoms with Crippen molar-refractivity contribution in [3.63, 3.8) is 0 Å². The summed E-state index contributed by atoms with van der Waals surface area (Å²) >= 11 is 0.788. The number of rotatable bonds is 6. The van der Waals surface area contributed by atoms with E-state index >= 15 is 0 Å². The van der Waals surface area contributed by atoms with Crippen LogP contribution in [-0.2, 0) is 21.2 Å². The van der Waals surface area contributed by atoms with E-state index in [1.54, 1.807) is 12.1 Å². The van der Waals surface area contributed by atoms with E-state index < -0.39 is 10.0 Å². The second kappa shape index (κ2) is 6.11. The minimum absolute atomic E-state index is 0.143. The molecule has 0 unspecified atom stereocenters. The summed E-state index contributed by atoms with van der Waals surface area (Å²) in [5.74, 6) is 0.347. The summed E-state index contributed by atoms with van der Waals surface area (Å²) in [6.45, 7) is 1.49. The molecule has 2 aromatic rings. The molecule has 0 fully saturated rings. The van der Waals surface area contributed by atoms with Gasteiger partial charge in [0.25, 0.3) is 10.0 Å². The van der Waals surface area contributed by atoms with Crippen LogP contribution in [0.1, 0.15) is 12.7 Å². The van der Waals surface area contributed by atoms with E-state index in [1.807, 2.05) is 0 Å². The number of amides is 1. The monoisotopic (exact) mass is 316 g/mol. The summed E-state index contributed by atoms with van der Waals surface area (Å²) in [7, 11) is -3.73. The summed E-state index contributed by atoms with van der Waals surface area (Å²) in [4.78, 5) is 10.8. The van der Waals surface area contributed by atoms with Crippen molar-refractivity contribution in [3.05, 3.63) is 24.2 Å². The van der Waals surface area contributed by atoms with Crippen LogP contribution in [0.4, 0.5) is 5.13 Å². The van der Waals surface area contributed by atoms with Gasteiger partial charge in [0.15, 0.2) is 0 Å². The Morgan fingerprint density at radius 3 is 2.90 bits per heavy atom. The highest BCUT2D eigenvalue weighted by Gasteiger charge is 2.20. The summed E-state index contributed by atoms with van der Waals surface area (Å²) in [6, 6.07) is 3.49. The van der Waals surface area contributed by atoms with Crippen LogP contribution in [-0.4, -0.2) is 31.1 Å². The Labute approximate surface area is 119 Å². The predicted octanol–water partition coefficient (Wildman–Crippen LogP) is 0.611. The first-order chi connectivity index (χ1) is 9.47. The van der Waals surface area contributed by atoms with Crippen molar-refractivity contribution in [3.8, 4) is 0 Å². The third-order valence-corrected chi connectivity index (χ3v) is 4.83. The van der Waals surface area contributed by atoms with Crippen molar-refractivity contribution >= 4 is 32.4 Å². The maximum absolute atomic E-state index is 11.9. The number of sulfonamides is 1. The van der Waals surface area contributed by atoms with Crippen LogP contribution in [0.15, 0.2) is 27.2 Å².